The molecule has 1 aliphatic heterocycles. The zero-order valence-electron chi connectivity index (χ0n) is 15.1. The predicted octanol–water partition coefficient (Wildman–Crippen LogP) is 3.80. The Morgan fingerprint density at radius 1 is 1.21 bits per heavy atom. The summed E-state index contributed by atoms with van der Waals surface area (Å²) < 4.78 is 32.5. The smallest absolute Gasteiger partial charge is 0.254 e. The van der Waals surface area contributed by atoms with Crippen LogP contribution in [-0.4, -0.2) is 25.8 Å². The van der Waals surface area contributed by atoms with Gasteiger partial charge in [-0.3, -0.25) is 4.79 Å². The minimum atomic E-state index is -3.68. The van der Waals surface area contributed by atoms with E-state index < -0.39 is 10.0 Å². The molecule has 4 rings (SSSR count). The topological polar surface area (TPSA) is 79.6 Å². The lowest BCUT2D eigenvalue weighted by Crippen LogP contribution is -2.30. The molecule has 8 heteroatoms. The zero-order valence-corrected chi connectivity index (χ0v) is 16.7. The monoisotopic (exact) mass is 416 g/mol. The van der Waals surface area contributed by atoms with E-state index in [2.05, 4.69) is 16.2 Å². The Labute approximate surface area is 167 Å². The first-order valence-corrected chi connectivity index (χ1v) is 11.4. The highest BCUT2D eigenvalue weighted by Gasteiger charge is 2.31. The first-order valence-electron chi connectivity index (χ1n) is 9.00. The molecule has 0 aliphatic carbocycles. The summed E-state index contributed by atoms with van der Waals surface area (Å²) in [6, 6.07) is 11.6. The third-order valence-corrected chi connectivity index (χ3v) is 6.99. The van der Waals surface area contributed by atoms with Crippen molar-refractivity contribution in [2.24, 2.45) is 0 Å². The highest BCUT2D eigenvalue weighted by atomic mass is 32.2. The second-order valence-electron chi connectivity index (χ2n) is 6.64. The van der Waals surface area contributed by atoms with Crippen LogP contribution in [0.4, 0.5) is 0 Å². The number of nitrogens with one attached hydrogen (secondary N) is 1. The molecule has 6 nitrogen and oxygen atoms in total. The first kappa shape index (κ1) is 18.9. The molecular formula is C20H20N2O4S2. The van der Waals surface area contributed by atoms with Gasteiger partial charge in [0.1, 0.15) is 5.76 Å². The SMILES string of the molecule is O=C(c1ccc(S(=O)(=O)NCc2ccco2)cc1)N1CCC[C@@H]1c1ccsc1. The van der Waals surface area contributed by atoms with Crippen LogP contribution in [0, 0.1) is 0 Å². The molecule has 0 radical (unpaired) electrons. The van der Waals surface area contributed by atoms with Gasteiger partial charge >= 0.3 is 0 Å². The van der Waals surface area contributed by atoms with E-state index in [0.717, 1.165) is 18.4 Å². The van der Waals surface area contributed by atoms with Gasteiger partial charge in [-0.15, -0.1) is 0 Å². The minimum absolute atomic E-state index is 0.0683. The molecule has 1 N–H and O–H groups in total. The van der Waals surface area contributed by atoms with E-state index in [1.54, 1.807) is 35.6 Å². The summed E-state index contributed by atoms with van der Waals surface area (Å²) in [6.07, 6.45) is 3.41. The number of amides is 1. The van der Waals surface area contributed by atoms with Gasteiger partial charge in [0.2, 0.25) is 10.0 Å². The lowest BCUT2D eigenvalue weighted by Gasteiger charge is -2.24. The molecule has 1 atom stereocenters. The van der Waals surface area contributed by atoms with Crippen LogP contribution in [0.25, 0.3) is 0 Å². The number of carbonyl (C=O) groups excluding carboxylic acids is 1. The number of benzene rings is 1. The number of furan rings is 1. The summed E-state index contributed by atoms with van der Waals surface area (Å²) in [5, 5.41) is 4.10. The average Bonchev–Trinajstić information content (AvgIpc) is 3.48. The largest absolute Gasteiger partial charge is 0.468 e. The number of nitrogens with zero attached hydrogens (tertiary/aromatic N) is 1. The van der Waals surface area contributed by atoms with Crippen LogP contribution in [0.1, 0.15) is 40.6 Å². The van der Waals surface area contributed by atoms with E-state index in [0.29, 0.717) is 17.9 Å². The van der Waals surface area contributed by atoms with Crippen molar-refractivity contribution in [3.8, 4) is 0 Å². The molecule has 1 fully saturated rings. The Morgan fingerprint density at radius 3 is 2.71 bits per heavy atom. The van der Waals surface area contributed by atoms with Crippen molar-refractivity contribution < 1.29 is 17.6 Å². The van der Waals surface area contributed by atoms with Crippen LogP contribution in [0.2, 0.25) is 0 Å². The van der Waals surface area contributed by atoms with E-state index in [4.69, 9.17) is 4.42 Å². The van der Waals surface area contributed by atoms with Gasteiger partial charge in [0.25, 0.3) is 5.91 Å². The van der Waals surface area contributed by atoms with Crippen molar-refractivity contribution in [2.45, 2.75) is 30.3 Å². The number of hydrogen-bond donors (Lipinski definition) is 1. The second-order valence-corrected chi connectivity index (χ2v) is 9.19. The quantitative estimate of drug-likeness (QED) is 0.663. The van der Waals surface area contributed by atoms with Crippen LogP contribution in [0.5, 0.6) is 0 Å². The van der Waals surface area contributed by atoms with Crippen molar-refractivity contribution in [1.29, 1.82) is 0 Å². The molecule has 3 heterocycles. The first-order chi connectivity index (χ1) is 13.5. The molecular weight excluding hydrogens is 396 g/mol. The normalized spacial score (nSPS) is 17.1. The molecule has 1 amide bonds. The van der Waals surface area contributed by atoms with Crippen molar-refractivity contribution in [1.82, 2.24) is 9.62 Å². The van der Waals surface area contributed by atoms with Gasteiger partial charge in [0.05, 0.1) is 23.7 Å². The molecule has 1 saturated heterocycles. The number of likely N-dealkylation sites (tertiary alicyclic amines) is 1. The summed E-state index contributed by atoms with van der Waals surface area (Å²) in [4.78, 5) is 14.9. The van der Waals surface area contributed by atoms with E-state index in [1.165, 1.54) is 18.4 Å². The van der Waals surface area contributed by atoms with Crippen LogP contribution in [0.15, 0.2) is 68.8 Å². The fraction of sp³-hybridized carbons (Fsp3) is 0.250. The standard InChI is InChI=1S/C20H20N2O4S2/c23-20(22-10-1-4-19(22)16-9-12-27-14-16)15-5-7-18(8-6-15)28(24,25)21-13-17-3-2-11-26-17/h2-3,5-9,11-12,14,19,21H,1,4,10,13H2/t19-/m1/s1. The van der Waals surface area contributed by atoms with E-state index in [1.807, 2.05) is 10.3 Å². The van der Waals surface area contributed by atoms with Gasteiger partial charge < -0.3 is 9.32 Å². The molecule has 0 saturated carbocycles. The molecule has 1 aliphatic rings. The number of rotatable bonds is 6. The Hall–Kier alpha value is -2.42. The van der Waals surface area contributed by atoms with Gasteiger partial charge in [-0.1, -0.05) is 0 Å². The summed E-state index contributed by atoms with van der Waals surface area (Å²) in [5.41, 5.74) is 1.66. The maximum Gasteiger partial charge on any atom is 0.254 e. The third kappa shape index (κ3) is 3.89. The third-order valence-electron chi connectivity index (χ3n) is 4.87. The van der Waals surface area contributed by atoms with E-state index in [-0.39, 0.29) is 23.4 Å². The molecule has 28 heavy (non-hydrogen) atoms. The van der Waals surface area contributed by atoms with Crippen molar-refractivity contribution in [3.63, 3.8) is 0 Å². The molecule has 146 valence electrons. The van der Waals surface area contributed by atoms with Crippen molar-refractivity contribution >= 4 is 27.3 Å². The van der Waals surface area contributed by atoms with E-state index in [9.17, 15) is 13.2 Å². The molecule has 3 aromatic rings. The number of carbonyl (C=O) groups is 1. The van der Waals surface area contributed by atoms with Crippen LogP contribution < -0.4 is 4.72 Å². The van der Waals surface area contributed by atoms with Gasteiger partial charge in [0.15, 0.2) is 0 Å². The van der Waals surface area contributed by atoms with Crippen molar-refractivity contribution in [3.05, 3.63) is 76.4 Å². The maximum absolute atomic E-state index is 12.9. The van der Waals surface area contributed by atoms with Crippen LogP contribution >= 0.6 is 11.3 Å². The van der Waals surface area contributed by atoms with Gasteiger partial charge in [-0.05, 0) is 71.6 Å². The Kier molecular flexibility index (Phi) is 5.34. The fourth-order valence-corrected chi connectivity index (χ4v) is 5.13. The van der Waals surface area contributed by atoms with Crippen LogP contribution in [-0.2, 0) is 16.6 Å². The molecule has 1 aromatic carbocycles. The predicted molar refractivity (Wildman–Crippen MR) is 107 cm³/mol. The summed E-state index contributed by atoms with van der Waals surface area (Å²) in [7, 11) is -3.68. The lowest BCUT2D eigenvalue weighted by atomic mass is 10.1. The number of hydrogen-bond acceptors (Lipinski definition) is 5. The van der Waals surface area contributed by atoms with Gasteiger partial charge in [-0.2, -0.15) is 11.3 Å². The summed E-state index contributed by atoms with van der Waals surface area (Å²) >= 11 is 1.63. The zero-order chi connectivity index (χ0) is 19.6. The fourth-order valence-electron chi connectivity index (χ4n) is 3.43. The number of sulfonamides is 1. The average molecular weight is 417 g/mol. The molecule has 0 bridgehead atoms. The van der Waals surface area contributed by atoms with Crippen LogP contribution in [0.3, 0.4) is 0 Å². The Balaban J connectivity index is 1.47. The number of thiophene rings is 1. The highest BCUT2D eigenvalue weighted by molar-refractivity contribution is 7.89. The molecule has 2 aromatic heterocycles. The van der Waals surface area contributed by atoms with E-state index >= 15 is 0 Å². The summed E-state index contributed by atoms with van der Waals surface area (Å²) in [6.45, 7) is 0.788. The summed E-state index contributed by atoms with van der Waals surface area (Å²) in [5.74, 6) is 0.463. The minimum Gasteiger partial charge on any atom is -0.468 e. The maximum atomic E-state index is 12.9. The van der Waals surface area contributed by atoms with Gasteiger partial charge in [0, 0.05) is 12.1 Å². The Bertz CT molecular complexity index is 1030. The second kappa shape index (κ2) is 7.90. The molecule has 0 unspecified atom stereocenters. The van der Waals surface area contributed by atoms with Gasteiger partial charge in [-0.25, -0.2) is 13.1 Å². The molecule has 0 spiro atoms. The Morgan fingerprint density at radius 2 is 2.04 bits per heavy atom. The van der Waals surface area contributed by atoms with Crippen molar-refractivity contribution in [2.75, 3.05) is 6.54 Å². The lowest BCUT2D eigenvalue weighted by molar-refractivity contribution is 0.0736. The highest BCUT2D eigenvalue weighted by Crippen LogP contribution is 2.34.